The summed E-state index contributed by atoms with van der Waals surface area (Å²) in [7, 11) is 0. The smallest absolute Gasteiger partial charge is 0.272 e. The number of nitrogens with zero attached hydrogens (tertiary/aromatic N) is 3. The number of hydrogen-bond acceptors (Lipinski definition) is 6. The van der Waals surface area contributed by atoms with Crippen LogP contribution in [0.1, 0.15) is 13.3 Å². The number of benzene rings is 1. The Morgan fingerprint density at radius 1 is 1.22 bits per heavy atom. The molecule has 1 fully saturated rings. The van der Waals surface area contributed by atoms with Crippen molar-refractivity contribution in [2.24, 2.45) is 28.8 Å². The van der Waals surface area contributed by atoms with Crippen molar-refractivity contribution in [3.8, 4) is 0 Å². The third-order valence-electron chi connectivity index (χ3n) is 4.75. The zero-order valence-corrected chi connectivity index (χ0v) is 12.5. The first kappa shape index (κ1) is 15.1. The van der Waals surface area contributed by atoms with Gasteiger partial charge in [0.05, 0.1) is 15.9 Å². The highest BCUT2D eigenvalue weighted by Gasteiger charge is 2.40. The van der Waals surface area contributed by atoms with Crippen molar-refractivity contribution in [3.05, 3.63) is 50.6 Å². The first-order valence-corrected chi connectivity index (χ1v) is 7.37. The monoisotopic (exact) mass is 316 g/mol. The summed E-state index contributed by atoms with van der Waals surface area (Å²) in [5.74, 6) is 1.88. The molecule has 8 heteroatoms. The zero-order valence-electron chi connectivity index (χ0n) is 12.5. The lowest BCUT2D eigenvalue weighted by atomic mass is 9.85. The number of anilines is 1. The van der Waals surface area contributed by atoms with E-state index in [1.807, 2.05) is 0 Å². The number of non-ortho nitro benzene ring substituents is 1. The van der Waals surface area contributed by atoms with E-state index in [0.717, 1.165) is 12.5 Å². The van der Waals surface area contributed by atoms with Gasteiger partial charge in [0.2, 0.25) is 0 Å². The van der Waals surface area contributed by atoms with Gasteiger partial charge in [0.1, 0.15) is 5.69 Å². The summed E-state index contributed by atoms with van der Waals surface area (Å²) in [6, 6.07) is 3.45. The second kappa shape index (κ2) is 5.79. The maximum atomic E-state index is 11.1. The first-order chi connectivity index (χ1) is 11.0. The van der Waals surface area contributed by atoms with Gasteiger partial charge in [-0.3, -0.25) is 25.7 Å². The van der Waals surface area contributed by atoms with Crippen LogP contribution < -0.4 is 5.43 Å². The molecule has 1 saturated carbocycles. The third-order valence-corrected chi connectivity index (χ3v) is 4.75. The van der Waals surface area contributed by atoms with Crippen LogP contribution in [0.15, 0.2) is 35.5 Å². The van der Waals surface area contributed by atoms with Crippen molar-refractivity contribution in [1.82, 2.24) is 0 Å². The molecule has 1 aromatic carbocycles. The molecule has 1 aromatic rings. The van der Waals surface area contributed by atoms with Crippen LogP contribution in [-0.4, -0.2) is 16.1 Å². The summed E-state index contributed by atoms with van der Waals surface area (Å²) in [5, 5.41) is 25.9. The van der Waals surface area contributed by atoms with E-state index < -0.39 is 9.85 Å². The molecule has 4 atom stereocenters. The van der Waals surface area contributed by atoms with E-state index in [1.54, 1.807) is 6.21 Å². The Hall–Kier alpha value is -2.77. The quantitative estimate of drug-likeness (QED) is 0.387. The van der Waals surface area contributed by atoms with E-state index in [9.17, 15) is 20.2 Å². The van der Waals surface area contributed by atoms with Crippen molar-refractivity contribution in [2.75, 3.05) is 5.43 Å². The molecule has 2 bridgehead atoms. The Labute approximate surface area is 132 Å². The maximum absolute atomic E-state index is 11.1. The minimum Gasteiger partial charge on any atom is -0.272 e. The molecule has 0 spiro atoms. The Morgan fingerprint density at radius 3 is 2.57 bits per heavy atom. The van der Waals surface area contributed by atoms with Crippen LogP contribution in [0.25, 0.3) is 0 Å². The topological polar surface area (TPSA) is 111 Å². The molecule has 0 saturated heterocycles. The number of nitro groups is 2. The number of allylic oxidation sites excluding steroid dienone is 2. The van der Waals surface area contributed by atoms with E-state index in [0.29, 0.717) is 23.7 Å². The van der Waals surface area contributed by atoms with Gasteiger partial charge < -0.3 is 0 Å². The van der Waals surface area contributed by atoms with Crippen molar-refractivity contribution >= 4 is 23.3 Å². The van der Waals surface area contributed by atoms with Crippen LogP contribution in [0.4, 0.5) is 17.1 Å². The zero-order chi connectivity index (χ0) is 16.6. The average molecular weight is 316 g/mol. The summed E-state index contributed by atoms with van der Waals surface area (Å²) in [5.41, 5.74) is 2.11. The number of nitrogens with one attached hydrogen (secondary N) is 1. The van der Waals surface area contributed by atoms with Gasteiger partial charge in [-0.2, -0.15) is 5.10 Å². The molecule has 0 radical (unpaired) electrons. The highest BCUT2D eigenvalue weighted by molar-refractivity contribution is 5.69. The van der Waals surface area contributed by atoms with Gasteiger partial charge in [-0.25, -0.2) is 0 Å². The van der Waals surface area contributed by atoms with E-state index in [1.165, 1.54) is 12.1 Å². The molecule has 1 N–H and O–H groups in total. The lowest BCUT2D eigenvalue weighted by molar-refractivity contribution is -0.393. The predicted octanol–water partition coefficient (Wildman–Crippen LogP) is 3.36. The highest BCUT2D eigenvalue weighted by Crippen LogP contribution is 2.46. The predicted molar refractivity (Wildman–Crippen MR) is 85.3 cm³/mol. The summed E-state index contributed by atoms with van der Waals surface area (Å²) in [4.78, 5) is 20.4. The summed E-state index contributed by atoms with van der Waals surface area (Å²) in [6.07, 6.45) is 7.38. The SMILES string of the molecule is C[C@H]1[C@@H](/C=N\Nc2ccc([N+](=O)[O-])cc2[N+](=O)[O-])[C@H]2C=C[C@H]1C2. The van der Waals surface area contributed by atoms with Gasteiger partial charge in [-0.05, 0) is 30.2 Å². The van der Waals surface area contributed by atoms with Gasteiger partial charge in [-0.15, -0.1) is 0 Å². The third kappa shape index (κ3) is 2.79. The Morgan fingerprint density at radius 2 is 1.96 bits per heavy atom. The maximum Gasteiger partial charge on any atom is 0.301 e. The van der Waals surface area contributed by atoms with Crippen molar-refractivity contribution in [3.63, 3.8) is 0 Å². The molecule has 0 heterocycles. The van der Waals surface area contributed by atoms with Crippen LogP contribution in [0.2, 0.25) is 0 Å². The summed E-state index contributed by atoms with van der Waals surface area (Å²) in [6.45, 7) is 2.18. The average Bonchev–Trinajstić information content (AvgIpc) is 3.10. The number of hydrazone groups is 1. The van der Waals surface area contributed by atoms with Crippen LogP contribution >= 0.6 is 0 Å². The van der Waals surface area contributed by atoms with Gasteiger partial charge in [-0.1, -0.05) is 19.1 Å². The second-order valence-electron chi connectivity index (χ2n) is 5.99. The van der Waals surface area contributed by atoms with Gasteiger partial charge in [0.25, 0.3) is 5.69 Å². The van der Waals surface area contributed by atoms with E-state index in [4.69, 9.17) is 0 Å². The number of hydrogen-bond donors (Lipinski definition) is 1. The molecule has 2 aliphatic carbocycles. The van der Waals surface area contributed by atoms with Crippen molar-refractivity contribution in [2.45, 2.75) is 13.3 Å². The first-order valence-electron chi connectivity index (χ1n) is 7.37. The molecule has 120 valence electrons. The standard InChI is InChI=1S/C15H16N4O4/c1-9-10-2-3-11(6-10)13(9)8-16-17-14-5-4-12(18(20)21)7-15(14)19(22)23/h2-5,7-11,13,17H,6H2,1H3/b16-8-/t9-,10+,11+,13-/m1/s1. The second-order valence-corrected chi connectivity index (χ2v) is 5.99. The van der Waals surface area contributed by atoms with Crippen molar-refractivity contribution in [1.29, 1.82) is 0 Å². The minimum absolute atomic E-state index is 0.142. The van der Waals surface area contributed by atoms with Gasteiger partial charge in [0.15, 0.2) is 0 Å². The fourth-order valence-electron chi connectivity index (χ4n) is 3.43. The summed E-state index contributed by atoms with van der Waals surface area (Å²) >= 11 is 0. The molecule has 0 aromatic heterocycles. The fourth-order valence-corrected chi connectivity index (χ4v) is 3.43. The van der Waals surface area contributed by atoms with Crippen LogP contribution in [0, 0.1) is 43.9 Å². The normalized spacial score (nSPS) is 28.4. The van der Waals surface area contributed by atoms with Crippen LogP contribution in [-0.2, 0) is 0 Å². The Balaban J connectivity index is 1.75. The van der Waals surface area contributed by atoms with Crippen LogP contribution in [0.3, 0.4) is 0 Å². The molecule has 23 heavy (non-hydrogen) atoms. The highest BCUT2D eigenvalue weighted by atomic mass is 16.6. The number of nitro benzene ring substituents is 2. The van der Waals surface area contributed by atoms with Gasteiger partial charge in [0, 0.05) is 18.2 Å². The Kier molecular flexibility index (Phi) is 3.81. The molecular weight excluding hydrogens is 300 g/mol. The van der Waals surface area contributed by atoms with E-state index >= 15 is 0 Å². The number of fused-ring (bicyclic) bond motifs is 2. The fraction of sp³-hybridized carbons (Fsp3) is 0.400. The van der Waals surface area contributed by atoms with Gasteiger partial charge >= 0.3 is 5.69 Å². The molecule has 3 rings (SSSR count). The van der Waals surface area contributed by atoms with Crippen molar-refractivity contribution < 1.29 is 9.85 Å². The minimum atomic E-state index is -0.663. The summed E-state index contributed by atoms with van der Waals surface area (Å²) < 4.78 is 0. The lowest BCUT2D eigenvalue weighted by Gasteiger charge is -2.20. The molecule has 2 aliphatic rings. The molecule has 0 aliphatic heterocycles. The molecule has 8 nitrogen and oxygen atoms in total. The molecule has 0 amide bonds. The molecule has 0 unspecified atom stereocenters. The lowest BCUT2D eigenvalue weighted by Crippen LogP contribution is -2.18. The molecular formula is C15H16N4O4. The number of rotatable bonds is 5. The van der Waals surface area contributed by atoms with E-state index in [-0.39, 0.29) is 17.1 Å². The Bertz CT molecular complexity index is 715. The largest absolute Gasteiger partial charge is 0.301 e. The van der Waals surface area contributed by atoms with Crippen LogP contribution in [0.5, 0.6) is 0 Å². The van der Waals surface area contributed by atoms with E-state index in [2.05, 4.69) is 29.6 Å².